The highest BCUT2D eigenvalue weighted by Crippen LogP contribution is 2.20. The number of carboxylic acid groups (broad SMARTS) is 1. The summed E-state index contributed by atoms with van der Waals surface area (Å²) in [5, 5.41) is 8.64. The van der Waals surface area contributed by atoms with Crippen molar-refractivity contribution in [2.75, 3.05) is 5.73 Å². The summed E-state index contributed by atoms with van der Waals surface area (Å²) in [4.78, 5) is 14.3. The first kappa shape index (κ1) is 8.58. The molecule has 1 heterocycles. The summed E-state index contributed by atoms with van der Waals surface area (Å²) >= 11 is 0. The van der Waals surface area contributed by atoms with E-state index < -0.39 is 5.97 Å². The topological polar surface area (TPSA) is 89.4 Å². The molecule has 1 rings (SSSR count). The molecule has 0 aromatic carbocycles. The second-order valence-corrected chi connectivity index (χ2v) is 2.73. The van der Waals surface area contributed by atoms with Crippen LogP contribution < -0.4 is 5.73 Å². The van der Waals surface area contributed by atoms with Crippen LogP contribution in [0.15, 0.2) is 4.42 Å². The highest BCUT2D eigenvalue weighted by atomic mass is 16.4. The number of aromatic carboxylic acids is 1. The average Bonchev–Trinajstić information content (AvgIpc) is 2.31. The molecule has 0 radical (unpaired) electrons. The first-order valence-corrected chi connectivity index (χ1v) is 3.52. The van der Waals surface area contributed by atoms with Crippen molar-refractivity contribution in [1.82, 2.24) is 4.98 Å². The van der Waals surface area contributed by atoms with Crippen molar-refractivity contribution >= 4 is 12.0 Å². The molecule has 1 aromatic rings. The third-order valence-corrected chi connectivity index (χ3v) is 1.41. The summed E-state index contributed by atoms with van der Waals surface area (Å²) in [6.07, 6.45) is 0. The highest BCUT2D eigenvalue weighted by Gasteiger charge is 2.20. The van der Waals surface area contributed by atoms with Crippen LogP contribution in [0.1, 0.15) is 36.0 Å². The van der Waals surface area contributed by atoms with Crippen LogP contribution >= 0.6 is 0 Å². The molecule has 0 aliphatic heterocycles. The quantitative estimate of drug-likeness (QED) is 0.693. The molecule has 0 spiro atoms. The molecule has 0 aliphatic rings. The van der Waals surface area contributed by atoms with E-state index in [2.05, 4.69) is 4.98 Å². The lowest BCUT2D eigenvalue weighted by molar-refractivity contribution is 0.0661. The average molecular weight is 170 g/mol. The minimum atomic E-state index is -1.14. The summed E-state index contributed by atoms with van der Waals surface area (Å²) in [5.74, 6) is -1.30. The zero-order valence-electron chi connectivity index (χ0n) is 6.87. The maximum Gasteiger partial charge on any atom is 0.373 e. The largest absolute Gasteiger partial charge is 0.475 e. The third-order valence-electron chi connectivity index (χ3n) is 1.41. The zero-order chi connectivity index (χ0) is 9.30. The molecular formula is C7H10N2O3. The van der Waals surface area contributed by atoms with Crippen molar-refractivity contribution in [3.63, 3.8) is 0 Å². The van der Waals surface area contributed by atoms with Crippen LogP contribution in [0, 0.1) is 0 Å². The molecule has 5 heteroatoms. The number of carbonyl (C=O) groups is 1. The fourth-order valence-electron chi connectivity index (χ4n) is 0.894. The molecule has 5 nitrogen and oxygen atoms in total. The Hall–Kier alpha value is -1.52. The lowest BCUT2D eigenvalue weighted by atomic mass is 10.1. The number of anilines is 1. The molecular weight excluding hydrogens is 160 g/mol. The van der Waals surface area contributed by atoms with Crippen molar-refractivity contribution in [2.24, 2.45) is 0 Å². The Morgan fingerprint density at radius 3 is 2.58 bits per heavy atom. The van der Waals surface area contributed by atoms with Gasteiger partial charge in [-0.1, -0.05) is 13.8 Å². The third kappa shape index (κ3) is 1.39. The standard InChI is InChI=1S/C7H10N2O3/c1-3(2)4-5(6(10)11)12-7(8)9-4/h3H,1-2H3,(H2,8,9)(H,10,11). The van der Waals surface area contributed by atoms with Gasteiger partial charge in [-0.3, -0.25) is 0 Å². The first-order chi connectivity index (χ1) is 5.52. The van der Waals surface area contributed by atoms with Gasteiger partial charge in [0.15, 0.2) is 0 Å². The van der Waals surface area contributed by atoms with Crippen LogP contribution in [0.25, 0.3) is 0 Å². The molecule has 0 saturated carbocycles. The number of hydrogen-bond donors (Lipinski definition) is 2. The Kier molecular flexibility index (Phi) is 2.03. The van der Waals surface area contributed by atoms with Crippen molar-refractivity contribution < 1.29 is 14.3 Å². The van der Waals surface area contributed by atoms with E-state index in [1.54, 1.807) is 0 Å². The van der Waals surface area contributed by atoms with Crippen molar-refractivity contribution in [1.29, 1.82) is 0 Å². The summed E-state index contributed by atoms with van der Waals surface area (Å²) in [6.45, 7) is 3.65. The van der Waals surface area contributed by atoms with E-state index in [-0.39, 0.29) is 17.7 Å². The maximum absolute atomic E-state index is 10.6. The van der Waals surface area contributed by atoms with E-state index in [1.807, 2.05) is 13.8 Å². The van der Waals surface area contributed by atoms with Crippen molar-refractivity contribution in [2.45, 2.75) is 19.8 Å². The fraction of sp³-hybridized carbons (Fsp3) is 0.429. The van der Waals surface area contributed by atoms with E-state index in [0.717, 1.165) is 0 Å². The number of nitrogen functional groups attached to an aromatic ring is 1. The monoisotopic (exact) mass is 170 g/mol. The van der Waals surface area contributed by atoms with Crippen molar-refractivity contribution in [3.05, 3.63) is 11.5 Å². The van der Waals surface area contributed by atoms with Gasteiger partial charge >= 0.3 is 5.97 Å². The van der Waals surface area contributed by atoms with Crippen LogP contribution in [0.2, 0.25) is 0 Å². The molecule has 0 atom stereocenters. The van der Waals surface area contributed by atoms with Gasteiger partial charge in [-0.05, 0) is 5.92 Å². The second-order valence-electron chi connectivity index (χ2n) is 2.73. The van der Waals surface area contributed by atoms with Crippen LogP contribution in [-0.2, 0) is 0 Å². The van der Waals surface area contributed by atoms with Gasteiger partial charge in [-0.25, -0.2) is 4.79 Å². The molecule has 12 heavy (non-hydrogen) atoms. The normalized spacial score (nSPS) is 10.6. The first-order valence-electron chi connectivity index (χ1n) is 3.52. The predicted molar refractivity (Wildman–Crippen MR) is 42.0 cm³/mol. The number of aromatic nitrogens is 1. The summed E-state index contributed by atoms with van der Waals surface area (Å²) in [5.41, 5.74) is 5.60. The van der Waals surface area contributed by atoms with Gasteiger partial charge < -0.3 is 15.3 Å². The molecule has 0 bridgehead atoms. The van der Waals surface area contributed by atoms with Crippen LogP contribution in [0.4, 0.5) is 6.01 Å². The van der Waals surface area contributed by atoms with Gasteiger partial charge in [-0.2, -0.15) is 4.98 Å². The van der Waals surface area contributed by atoms with Crippen molar-refractivity contribution in [3.8, 4) is 0 Å². The Morgan fingerprint density at radius 1 is 1.67 bits per heavy atom. The van der Waals surface area contributed by atoms with Gasteiger partial charge in [0.1, 0.15) is 0 Å². The van der Waals surface area contributed by atoms with Gasteiger partial charge in [0.25, 0.3) is 6.01 Å². The molecule has 0 unspecified atom stereocenters. The molecule has 1 aromatic heterocycles. The highest BCUT2D eigenvalue weighted by molar-refractivity contribution is 5.86. The maximum atomic E-state index is 10.6. The minimum Gasteiger partial charge on any atom is -0.475 e. The van der Waals surface area contributed by atoms with Gasteiger partial charge in [-0.15, -0.1) is 0 Å². The molecule has 3 N–H and O–H groups in total. The van der Waals surface area contributed by atoms with Gasteiger partial charge in [0, 0.05) is 0 Å². The number of hydrogen-bond acceptors (Lipinski definition) is 4. The summed E-state index contributed by atoms with van der Waals surface area (Å²) < 4.78 is 4.70. The van der Waals surface area contributed by atoms with E-state index in [9.17, 15) is 4.79 Å². The lowest BCUT2D eigenvalue weighted by Gasteiger charge is -1.97. The number of oxazole rings is 1. The SMILES string of the molecule is CC(C)c1nc(N)oc1C(=O)O. The minimum absolute atomic E-state index is 0.00264. The Labute approximate surface area is 69.2 Å². The van der Waals surface area contributed by atoms with E-state index in [1.165, 1.54) is 0 Å². The van der Waals surface area contributed by atoms with Crippen LogP contribution in [-0.4, -0.2) is 16.1 Å². The smallest absolute Gasteiger partial charge is 0.373 e. The summed E-state index contributed by atoms with van der Waals surface area (Å²) in [6, 6.07) is -0.101. The number of nitrogens with two attached hydrogens (primary N) is 1. The number of carboxylic acids is 1. The van der Waals surface area contributed by atoms with E-state index in [4.69, 9.17) is 15.3 Å². The van der Waals surface area contributed by atoms with E-state index in [0.29, 0.717) is 5.69 Å². The molecule has 0 aliphatic carbocycles. The number of nitrogens with zero attached hydrogens (tertiary/aromatic N) is 1. The Bertz CT molecular complexity index is 304. The molecule has 0 saturated heterocycles. The van der Waals surface area contributed by atoms with E-state index >= 15 is 0 Å². The Balaban J connectivity index is 3.17. The summed E-state index contributed by atoms with van der Waals surface area (Å²) in [7, 11) is 0. The second kappa shape index (κ2) is 2.84. The predicted octanol–water partition coefficient (Wildman–Crippen LogP) is 1.08. The molecule has 0 fully saturated rings. The van der Waals surface area contributed by atoms with Crippen LogP contribution in [0.5, 0.6) is 0 Å². The number of rotatable bonds is 2. The lowest BCUT2D eigenvalue weighted by Crippen LogP contribution is -2.01. The van der Waals surface area contributed by atoms with Gasteiger partial charge in [0.2, 0.25) is 5.76 Å². The van der Waals surface area contributed by atoms with Crippen LogP contribution in [0.3, 0.4) is 0 Å². The molecule has 0 amide bonds. The molecule has 66 valence electrons. The van der Waals surface area contributed by atoms with Gasteiger partial charge in [0.05, 0.1) is 5.69 Å². The zero-order valence-corrected chi connectivity index (χ0v) is 6.87. The fourth-order valence-corrected chi connectivity index (χ4v) is 0.894. The Morgan fingerprint density at radius 2 is 2.25 bits per heavy atom.